The minimum Gasteiger partial charge on any atom is -0.455 e. The molecule has 1 aliphatic rings. The van der Waals surface area contributed by atoms with Crippen LogP contribution in [0.4, 0.5) is 17.1 Å². The summed E-state index contributed by atoms with van der Waals surface area (Å²) in [7, 11) is 0. The summed E-state index contributed by atoms with van der Waals surface area (Å²) in [5.41, 5.74) is 15.0. The fourth-order valence-electron chi connectivity index (χ4n) is 8.26. The largest absolute Gasteiger partial charge is 0.455 e. The Morgan fingerprint density at radius 2 is 1.04 bits per heavy atom. The first-order valence-electron chi connectivity index (χ1n) is 17.7. The lowest BCUT2D eigenvalue weighted by atomic mass is 9.82. The molecule has 8 aromatic carbocycles. The Balaban J connectivity index is 1.13. The zero-order valence-electron chi connectivity index (χ0n) is 28.6. The first kappa shape index (κ1) is 29.5. The Morgan fingerprint density at radius 1 is 0.451 bits per heavy atom. The van der Waals surface area contributed by atoms with E-state index in [4.69, 9.17) is 4.42 Å². The third kappa shape index (κ3) is 4.64. The molecule has 2 heteroatoms. The van der Waals surface area contributed by atoms with Crippen molar-refractivity contribution in [3.8, 4) is 33.4 Å². The van der Waals surface area contributed by atoms with Crippen LogP contribution in [0.15, 0.2) is 180 Å². The summed E-state index contributed by atoms with van der Waals surface area (Å²) in [6.07, 6.45) is 0. The molecule has 0 spiro atoms. The molecule has 0 bridgehead atoms. The van der Waals surface area contributed by atoms with Crippen LogP contribution < -0.4 is 4.90 Å². The standard InChI is InChI=1S/C49H35NO/c1-49(2)43-29-27-38(31-42(43)47-44(49)30-28-41-40-16-8-9-18-46(40)51-48(41)47)50(45-17-10-14-36-13-6-7-15-39(36)45)37-25-23-35(24-26-37)34-21-19-33(20-22-34)32-11-4-3-5-12-32/h3-31H,1-2H3. The van der Waals surface area contributed by atoms with Gasteiger partial charge in [-0.3, -0.25) is 0 Å². The van der Waals surface area contributed by atoms with Gasteiger partial charge in [-0.05, 0) is 80.7 Å². The molecule has 0 radical (unpaired) electrons. The van der Waals surface area contributed by atoms with Gasteiger partial charge in [0, 0.05) is 38.5 Å². The molecule has 0 saturated carbocycles. The molecule has 10 rings (SSSR count). The molecule has 0 amide bonds. The molecular formula is C49H35NO. The third-order valence-corrected chi connectivity index (χ3v) is 10.9. The maximum absolute atomic E-state index is 6.65. The molecular weight excluding hydrogens is 619 g/mol. The van der Waals surface area contributed by atoms with E-state index in [9.17, 15) is 0 Å². The molecule has 1 aliphatic carbocycles. The van der Waals surface area contributed by atoms with E-state index < -0.39 is 0 Å². The van der Waals surface area contributed by atoms with E-state index in [1.807, 2.05) is 6.07 Å². The summed E-state index contributed by atoms with van der Waals surface area (Å²) in [6.45, 7) is 4.67. The number of benzene rings is 8. The predicted molar refractivity (Wildman–Crippen MR) is 214 cm³/mol. The van der Waals surface area contributed by atoms with Crippen molar-refractivity contribution in [2.45, 2.75) is 19.3 Å². The quantitative estimate of drug-likeness (QED) is 0.184. The molecule has 1 aromatic heterocycles. The zero-order valence-corrected chi connectivity index (χ0v) is 28.6. The lowest BCUT2D eigenvalue weighted by molar-refractivity contribution is 0.653. The average Bonchev–Trinajstić information content (AvgIpc) is 3.67. The van der Waals surface area contributed by atoms with Gasteiger partial charge in [0.2, 0.25) is 0 Å². The van der Waals surface area contributed by atoms with Crippen LogP contribution >= 0.6 is 0 Å². The topological polar surface area (TPSA) is 16.4 Å². The second-order valence-corrected chi connectivity index (χ2v) is 14.1. The van der Waals surface area contributed by atoms with Gasteiger partial charge in [-0.1, -0.05) is 153 Å². The van der Waals surface area contributed by atoms with Crippen LogP contribution in [0.1, 0.15) is 25.0 Å². The normalized spacial score (nSPS) is 13.1. The van der Waals surface area contributed by atoms with Gasteiger partial charge in [-0.15, -0.1) is 0 Å². The molecule has 242 valence electrons. The van der Waals surface area contributed by atoms with Gasteiger partial charge in [0.25, 0.3) is 0 Å². The van der Waals surface area contributed by atoms with Crippen molar-refractivity contribution in [2.75, 3.05) is 4.90 Å². The molecule has 0 aliphatic heterocycles. The second kappa shape index (κ2) is 11.3. The first-order valence-corrected chi connectivity index (χ1v) is 17.7. The van der Waals surface area contributed by atoms with Crippen LogP contribution in [-0.4, -0.2) is 0 Å². The van der Waals surface area contributed by atoms with Crippen molar-refractivity contribution in [3.63, 3.8) is 0 Å². The monoisotopic (exact) mass is 653 g/mol. The molecule has 0 N–H and O–H groups in total. The Morgan fingerprint density at radius 3 is 1.80 bits per heavy atom. The molecule has 9 aromatic rings. The number of hydrogen-bond acceptors (Lipinski definition) is 2. The highest BCUT2D eigenvalue weighted by molar-refractivity contribution is 6.12. The van der Waals surface area contributed by atoms with Crippen LogP contribution in [0.5, 0.6) is 0 Å². The van der Waals surface area contributed by atoms with Crippen molar-refractivity contribution >= 4 is 49.8 Å². The van der Waals surface area contributed by atoms with E-state index in [-0.39, 0.29) is 5.41 Å². The van der Waals surface area contributed by atoms with Crippen molar-refractivity contribution in [2.24, 2.45) is 0 Å². The summed E-state index contributed by atoms with van der Waals surface area (Å²) < 4.78 is 6.65. The lowest BCUT2D eigenvalue weighted by Gasteiger charge is -2.28. The first-order chi connectivity index (χ1) is 25.0. The van der Waals surface area contributed by atoms with Gasteiger partial charge < -0.3 is 9.32 Å². The SMILES string of the molecule is CC1(C)c2ccc(N(c3ccc(-c4ccc(-c5ccccc5)cc4)cc3)c3cccc4ccccc34)cc2-c2c1ccc1c2oc2ccccc21. The van der Waals surface area contributed by atoms with Crippen LogP contribution in [0.25, 0.3) is 66.1 Å². The summed E-state index contributed by atoms with van der Waals surface area (Å²) in [4.78, 5) is 2.41. The molecule has 0 atom stereocenters. The second-order valence-electron chi connectivity index (χ2n) is 14.1. The maximum Gasteiger partial charge on any atom is 0.143 e. The molecule has 0 saturated heterocycles. The van der Waals surface area contributed by atoms with Crippen molar-refractivity contribution in [1.29, 1.82) is 0 Å². The van der Waals surface area contributed by atoms with E-state index in [1.54, 1.807) is 0 Å². The van der Waals surface area contributed by atoms with Gasteiger partial charge in [-0.2, -0.15) is 0 Å². The van der Waals surface area contributed by atoms with Crippen LogP contribution in [-0.2, 0) is 5.41 Å². The van der Waals surface area contributed by atoms with Crippen molar-refractivity contribution in [3.05, 3.63) is 187 Å². The molecule has 1 heterocycles. The Hall–Kier alpha value is -6.38. The van der Waals surface area contributed by atoms with Crippen LogP contribution in [0.3, 0.4) is 0 Å². The van der Waals surface area contributed by atoms with Gasteiger partial charge in [0.15, 0.2) is 0 Å². The van der Waals surface area contributed by atoms with E-state index in [0.29, 0.717) is 0 Å². The third-order valence-electron chi connectivity index (χ3n) is 10.9. The highest BCUT2D eigenvalue weighted by Crippen LogP contribution is 2.54. The minimum absolute atomic E-state index is 0.154. The summed E-state index contributed by atoms with van der Waals surface area (Å²) >= 11 is 0. The zero-order chi connectivity index (χ0) is 34.1. The lowest BCUT2D eigenvalue weighted by Crippen LogP contribution is -2.15. The number of furan rings is 1. The highest BCUT2D eigenvalue weighted by atomic mass is 16.3. The summed E-state index contributed by atoms with van der Waals surface area (Å²) in [6, 6.07) is 63.6. The van der Waals surface area contributed by atoms with E-state index in [0.717, 1.165) is 39.0 Å². The fourth-order valence-corrected chi connectivity index (χ4v) is 8.26. The number of para-hydroxylation sites is 1. The smallest absolute Gasteiger partial charge is 0.143 e. The van der Waals surface area contributed by atoms with E-state index in [2.05, 4.69) is 189 Å². The molecule has 0 fully saturated rings. The Labute approximate surface area is 297 Å². The fraction of sp³-hybridized carbons (Fsp3) is 0.0612. The predicted octanol–water partition coefficient (Wildman–Crippen LogP) is 13.8. The number of hydrogen-bond donors (Lipinski definition) is 0. The van der Waals surface area contributed by atoms with Gasteiger partial charge in [0.1, 0.15) is 11.2 Å². The van der Waals surface area contributed by atoms with Gasteiger partial charge in [-0.25, -0.2) is 0 Å². The minimum atomic E-state index is -0.154. The number of rotatable bonds is 5. The van der Waals surface area contributed by atoms with Crippen LogP contribution in [0.2, 0.25) is 0 Å². The number of anilines is 3. The Kier molecular flexibility index (Phi) is 6.56. The van der Waals surface area contributed by atoms with E-state index >= 15 is 0 Å². The van der Waals surface area contributed by atoms with E-state index in [1.165, 1.54) is 55.3 Å². The van der Waals surface area contributed by atoms with Gasteiger partial charge >= 0.3 is 0 Å². The average molecular weight is 654 g/mol. The Bertz CT molecular complexity index is 2750. The molecule has 0 unspecified atom stereocenters. The van der Waals surface area contributed by atoms with Gasteiger partial charge in [0.05, 0.1) is 5.69 Å². The van der Waals surface area contributed by atoms with Crippen LogP contribution in [0, 0.1) is 0 Å². The van der Waals surface area contributed by atoms with Crippen molar-refractivity contribution in [1.82, 2.24) is 0 Å². The van der Waals surface area contributed by atoms with Crippen molar-refractivity contribution < 1.29 is 4.42 Å². The number of nitrogens with zero attached hydrogens (tertiary/aromatic N) is 1. The molecule has 2 nitrogen and oxygen atoms in total. The highest BCUT2D eigenvalue weighted by Gasteiger charge is 2.38. The summed E-state index contributed by atoms with van der Waals surface area (Å²) in [5.74, 6) is 0. The number of fused-ring (bicyclic) bond motifs is 8. The molecule has 51 heavy (non-hydrogen) atoms. The maximum atomic E-state index is 6.65. The summed E-state index contributed by atoms with van der Waals surface area (Å²) in [5, 5.41) is 4.75.